The van der Waals surface area contributed by atoms with E-state index in [1.807, 2.05) is 18.2 Å². The van der Waals surface area contributed by atoms with Gasteiger partial charge in [0.25, 0.3) is 5.90 Å². The van der Waals surface area contributed by atoms with E-state index in [0.717, 1.165) is 5.56 Å². The van der Waals surface area contributed by atoms with Crippen molar-refractivity contribution in [1.29, 1.82) is 0 Å². The van der Waals surface area contributed by atoms with E-state index in [-0.39, 0.29) is 5.90 Å². The molecule has 0 N–H and O–H groups in total. The highest BCUT2D eigenvalue weighted by Crippen LogP contribution is 2.16. The van der Waals surface area contributed by atoms with E-state index in [0.29, 0.717) is 23.0 Å². The topological polar surface area (TPSA) is 64.2 Å². The largest absolute Gasteiger partial charge is 0.459 e. The lowest BCUT2D eigenvalue weighted by atomic mass is 10.2. The summed E-state index contributed by atoms with van der Waals surface area (Å²) in [6.07, 6.45) is 1.50. The molecule has 3 rings (SSSR count). The first-order chi connectivity index (χ1) is 10.6. The summed E-state index contributed by atoms with van der Waals surface area (Å²) in [4.78, 5) is 20.5. The van der Waals surface area contributed by atoms with Gasteiger partial charge in [0.2, 0.25) is 0 Å². The molecule has 0 fully saturated rings. The van der Waals surface area contributed by atoms with Gasteiger partial charge in [0, 0.05) is 10.7 Å². The molecule has 0 amide bonds. The zero-order chi connectivity index (χ0) is 15.5. The third-order valence-corrected chi connectivity index (χ3v) is 3.43. The van der Waals surface area contributed by atoms with Crippen molar-refractivity contribution in [2.45, 2.75) is 19.5 Å². The van der Waals surface area contributed by atoms with Crippen LogP contribution < -0.4 is 0 Å². The van der Waals surface area contributed by atoms with Crippen molar-refractivity contribution < 1.29 is 13.9 Å². The van der Waals surface area contributed by atoms with Crippen LogP contribution in [0.25, 0.3) is 0 Å². The van der Waals surface area contributed by atoms with Gasteiger partial charge in [0.05, 0.1) is 12.8 Å². The molecular weight excluding hydrogens is 304 g/mol. The average Bonchev–Trinajstić information content (AvgIpc) is 3.14. The summed E-state index contributed by atoms with van der Waals surface area (Å²) >= 11 is 5.93. The van der Waals surface area contributed by atoms with Crippen LogP contribution in [0.2, 0.25) is 5.02 Å². The van der Waals surface area contributed by atoms with Gasteiger partial charge in [0.1, 0.15) is 0 Å². The Morgan fingerprint density at radius 3 is 2.95 bits per heavy atom. The Kier molecular flexibility index (Phi) is 4.06. The Bertz CT molecular complexity index is 751. The average molecular weight is 317 g/mol. The SMILES string of the molecule is CC(=NCc1cccc(Cl)c1)C1N=C(c2ccco2)OC1=O. The number of ether oxygens (including phenoxy) is 1. The second-order valence-corrected chi connectivity index (χ2v) is 5.26. The Morgan fingerprint density at radius 2 is 2.23 bits per heavy atom. The summed E-state index contributed by atoms with van der Waals surface area (Å²) in [5.74, 6) is 0.176. The monoisotopic (exact) mass is 316 g/mol. The molecule has 5 nitrogen and oxygen atoms in total. The molecule has 112 valence electrons. The van der Waals surface area contributed by atoms with Crippen LogP contribution in [-0.4, -0.2) is 23.6 Å². The number of nitrogens with zero attached hydrogens (tertiary/aromatic N) is 2. The molecule has 1 aromatic heterocycles. The zero-order valence-electron chi connectivity index (χ0n) is 11.8. The predicted octanol–water partition coefficient (Wildman–Crippen LogP) is 3.27. The molecule has 1 atom stereocenters. The summed E-state index contributed by atoms with van der Waals surface area (Å²) in [6.45, 7) is 2.19. The summed E-state index contributed by atoms with van der Waals surface area (Å²) in [5, 5.41) is 0.656. The Hall–Kier alpha value is -2.40. The summed E-state index contributed by atoms with van der Waals surface area (Å²) < 4.78 is 10.3. The van der Waals surface area contributed by atoms with E-state index in [4.69, 9.17) is 20.8 Å². The molecule has 2 aromatic rings. The van der Waals surface area contributed by atoms with Gasteiger partial charge in [-0.2, -0.15) is 0 Å². The van der Waals surface area contributed by atoms with Gasteiger partial charge in [-0.3, -0.25) is 4.99 Å². The lowest BCUT2D eigenvalue weighted by molar-refractivity contribution is -0.133. The van der Waals surface area contributed by atoms with Crippen LogP contribution in [0.3, 0.4) is 0 Å². The summed E-state index contributed by atoms with van der Waals surface area (Å²) in [6, 6.07) is 10.1. The molecule has 6 heteroatoms. The first-order valence-electron chi connectivity index (χ1n) is 6.72. The second kappa shape index (κ2) is 6.15. The van der Waals surface area contributed by atoms with Crippen LogP contribution in [0.1, 0.15) is 18.2 Å². The number of rotatable bonds is 4. The highest BCUT2D eigenvalue weighted by Gasteiger charge is 2.33. The van der Waals surface area contributed by atoms with E-state index >= 15 is 0 Å². The predicted molar refractivity (Wildman–Crippen MR) is 83.4 cm³/mol. The number of cyclic esters (lactones) is 1. The molecule has 0 radical (unpaired) electrons. The van der Waals surface area contributed by atoms with Crippen molar-refractivity contribution in [3.63, 3.8) is 0 Å². The number of hydrogen-bond donors (Lipinski definition) is 0. The number of halogens is 1. The Balaban J connectivity index is 1.75. The Labute approximate surface area is 132 Å². The van der Waals surface area contributed by atoms with E-state index < -0.39 is 12.0 Å². The molecule has 0 saturated heterocycles. The molecule has 1 unspecified atom stereocenters. The Morgan fingerprint density at radius 1 is 1.36 bits per heavy atom. The quantitative estimate of drug-likeness (QED) is 0.642. The lowest BCUT2D eigenvalue weighted by Gasteiger charge is -2.03. The van der Waals surface area contributed by atoms with Gasteiger partial charge in [-0.05, 0) is 36.8 Å². The van der Waals surface area contributed by atoms with Crippen molar-refractivity contribution in [1.82, 2.24) is 0 Å². The van der Waals surface area contributed by atoms with Gasteiger partial charge in [0.15, 0.2) is 11.8 Å². The van der Waals surface area contributed by atoms with Crippen molar-refractivity contribution in [3.8, 4) is 0 Å². The maximum atomic E-state index is 11.9. The first kappa shape index (κ1) is 14.5. The van der Waals surface area contributed by atoms with Gasteiger partial charge >= 0.3 is 5.97 Å². The second-order valence-electron chi connectivity index (χ2n) is 4.82. The maximum absolute atomic E-state index is 11.9. The van der Waals surface area contributed by atoms with Crippen molar-refractivity contribution in [2.75, 3.05) is 0 Å². The van der Waals surface area contributed by atoms with Gasteiger partial charge in [-0.25, -0.2) is 9.79 Å². The molecule has 0 bridgehead atoms. The van der Waals surface area contributed by atoms with Crippen LogP contribution >= 0.6 is 11.6 Å². The van der Waals surface area contributed by atoms with Crippen molar-refractivity contribution in [2.24, 2.45) is 9.98 Å². The number of benzene rings is 1. The van der Waals surface area contributed by atoms with E-state index in [1.54, 1.807) is 25.1 Å². The summed E-state index contributed by atoms with van der Waals surface area (Å²) in [7, 11) is 0. The van der Waals surface area contributed by atoms with Crippen LogP contribution in [0, 0.1) is 0 Å². The third kappa shape index (κ3) is 3.09. The highest BCUT2D eigenvalue weighted by atomic mass is 35.5. The normalized spacial score (nSPS) is 18.3. The molecule has 1 aliphatic rings. The van der Waals surface area contributed by atoms with E-state index in [2.05, 4.69) is 9.98 Å². The molecule has 0 aliphatic carbocycles. The van der Waals surface area contributed by atoms with E-state index in [9.17, 15) is 4.79 Å². The van der Waals surface area contributed by atoms with Crippen LogP contribution in [-0.2, 0) is 16.1 Å². The fourth-order valence-electron chi connectivity index (χ4n) is 2.06. The number of furan rings is 1. The molecule has 0 saturated carbocycles. The number of carbonyl (C=O) groups is 1. The molecule has 22 heavy (non-hydrogen) atoms. The fraction of sp³-hybridized carbons (Fsp3) is 0.188. The first-order valence-corrected chi connectivity index (χ1v) is 7.10. The molecular formula is C16H13ClN2O3. The van der Waals surface area contributed by atoms with Crippen LogP contribution in [0.15, 0.2) is 57.1 Å². The van der Waals surface area contributed by atoms with Crippen molar-refractivity contribution >= 4 is 29.2 Å². The van der Waals surface area contributed by atoms with Crippen molar-refractivity contribution in [3.05, 3.63) is 59.0 Å². The highest BCUT2D eigenvalue weighted by molar-refractivity contribution is 6.30. The smallest absolute Gasteiger partial charge is 0.343 e. The number of aliphatic imine (C=N–C) groups is 2. The van der Waals surface area contributed by atoms with Gasteiger partial charge in [-0.15, -0.1) is 0 Å². The molecule has 1 aromatic carbocycles. The minimum absolute atomic E-state index is 0.192. The number of carbonyl (C=O) groups excluding carboxylic acids is 1. The number of esters is 1. The minimum Gasteiger partial charge on any atom is -0.459 e. The van der Waals surface area contributed by atoms with Crippen LogP contribution in [0.5, 0.6) is 0 Å². The molecule has 0 spiro atoms. The molecule has 1 aliphatic heterocycles. The van der Waals surface area contributed by atoms with Gasteiger partial charge < -0.3 is 9.15 Å². The third-order valence-electron chi connectivity index (χ3n) is 3.19. The minimum atomic E-state index is -0.723. The zero-order valence-corrected chi connectivity index (χ0v) is 12.6. The maximum Gasteiger partial charge on any atom is 0.343 e. The van der Waals surface area contributed by atoms with Gasteiger partial charge in [-0.1, -0.05) is 23.7 Å². The van der Waals surface area contributed by atoms with Crippen LogP contribution in [0.4, 0.5) is 0 Å². The molecule has 2 heterocycles. The van der Waals surface area contributed by atoms with E-state index in [1.165, 1.54) is 6.26 Å². The summed E-state index contributed by atoms with van der Waals surface area (Å²) in [5.41, 5.74) is 1.56. The fourth-order valence-corrected chi connectivity index (χ4v) is 2.28. The number of hydrogen-bond acceptors (Lipinski definition) is 5. The lowest BCUT2D eigenvalue weighted by Crippen LogP contribution is -2.23. The standard InChI is InChI=1S/C16H13ClN2O3/c1-10(18-9-11-4-2-5-12(17)8-11)14-16(20)22-15(19-14)13-6-3-7-21-13/h2-8,14H,9H2,1H3.